The molecule has 4 heteroatoms. The molecule has 0 fully saturated rings. The van der Waals surface area contributed by atoms with Crippen molar-refractivity contribution in [2.45, 2.75) is 0 Å². The summed E-state index contributed by atoms with van der Waals surface area (Å²) in [5.41, 5.74) is 2.47. The van der Waals surface area contributed by atoms with Crippen molar-refractivity contribution in [1.82, 2.24) is 10.2 Å². The van der Waals surface area contributed by atoms with Crippen molar-refractivity contribution in [3.05, 3.63) is 96.3 Å². The minimum absolute atomic E-state index is 0.173. The highest BCUT2D eigenvalue weighted by Crippen LogP contribution is 2.18. The lowest BCUT2D eigenvalue weighted by molar-refractivity contribution is -0.115. The van der Waals surface area contributed by atoms with Crippen LogP contribution in [0.25, 0.3) is 0 Å². The monoisotopic (exact) mass is 290 g/mol. The molecule has 3 rings (SSSR count). The van der Waals surface area contributed by atoms with Crippen LogP contribution in [0.1, 0.15) is 0 Å². The largest absolute Gasteiger partial charge is 0.368 e. The van der Waals surface area contributed by atoms with E-state index in [9.17, 15) is 9.59 Å². The van der Waals surface area contributed by atoms with Gasteiger partial charge in [0.05, 0.1) is 5.70 Å². The Morgan fingerprint density at radius 3 is 2.14 bits per heavy atom. The summed E-state index contributed by atoms with van der Waals surface area (Å²) in [6.07, 6.45) is 22.9. The minimum Gasteiger partial charge on any atom is -0.368 e. The van der Waals surface area contributed by atoms with Gasteiger partial charge >= 0.3 is 0 Å². The number of ketones is 2. The van der Waals surface area contributed by atoms with Crippen LogP contribution < -0.4 is 5.32 Å². The second-order valence-corrected chi connectivity index (χ2v) is 4.83. The summed E-state index contributed by atoms with van der Waals surface area (Å²) in [4.78, 5) is 24.8. The topological polar surface area (TPSA) is 49.4 Å². The molecule has 0 unspecified atom stereocenters. The van der Waals surface area contributed by atoms with Crippen LogP contribution in [0.3, 0.4) is 0 Å². The number of dihydropyridines is 1. The van der Waals surface area contributed by atoms with E-state index in [2.05, 4.69) is 5.32 Å². The summed E-state index contributed by atoms with van der Waals surface area (Å²) in [5.74, 6) is -0.347. The Morgan fingerprint density at radius 2 is 1.45 bits per heavy atom. The second-order valence-electron chi connectivity index (χ2n) is 4.83. The van der Waals surface area contributed by atoms with Gasteiger partial charge in [-0.3, -0.25) is 9.59 Å². The van der Waals surface area contributed by atoms with E-state index in [-0.39, 0.29) is 11.6 Å². The molecule has 4 nitrogen and oxygen atoms in total. The molecular formula is C18H14N2O2. The Balaban J connectivity index is 1.73. The predicted octanol–water partition coefficient (Wildman–Crippen LogP) is 2.40. The standard InChI is InChI=1S/C18H14N2O2/c21-16-3-4-18(22)17(13-16)20-11-7-15(8-12-20)2-1-14-5-9-19-10-6-14/h1-13,19H. The molecule has 0 atom stereocenters. The Labute approximate surface area is 128 Å². The van der Waals surface area contributed by atoms with Crippen LogP contribution in [0.2, 0.25) is 0 Å². The van der Waals surface area contributed by atoms with E-state index in [0.29, 0.717) is 5.70 Å². The zero-order valence-electron chi connectivity index (χ0n) is 11.8. The third-order valence-electron chi connectivity index (χ3n) is 3.28. The zero-order chi connectivity index (χ0) is 15.4. The van der Waals surface area contributed by atoms with Gasteiger partial charge in [-0.1, -0.05) is 12.2 Å². The number of carbonyl (C=O) groups is 2. The van der Waals surface area contributed by atoms with Gasteiger partial charge in [0.2, 0.25) is 5.78 Å². The number of allylic oxidation sites excluding steroid dienone is 11. The van der Waals surface area contributed by atoms with Crippen LogP contribution in [0.5, 0.6) is 0 Å². The van der Waals surface area contributed by atoms with Crippen LogP contribution in [0.4, 0.5) is 0 Å². The smallest absolute Gasteiger partial charge is 0.202 e. The highest BCUT2D eigenvalue weighted by atomic mass is 16.1. The van der Waals surface area contributed by atoms with Gasteiger partial charge in [-0.15, -0.1) is 0 Å². The number of rotatable bonds is 2. The van der Waals surface area contributed by atoms with Crippen molar-refractivity contribution in [3.63, 3.8) is 0 Å². The van der Waals surface area contributed by atoms with Crippen LogP contribution in [0.15, 0.2) is 96.3 Å². The van der Waals surface area contributed by atoms with Crippen molar-refractivity contribution < 1.29 is 9.59 Å². The summed E-state index contributed by atoms with van der Waals surface area (Å²) >= 11 is 0. The Morgan fingerprint density at radius 1 is 0.818 bits per heavy atom. The first-order valence-electron chi connectivity index (χ1n) is 6.86. The molecule has 0 saturated carbocycles. The Bertz CT molecular complexity index is 726. The van der Waals surface area contributed by atoms with Crippen molar-refractivity contribution >= 4 is 11.6 Å². The number of nitrogens with zero attached hydrogens (tertiary/aromatic N) is 1. The lowest BCUT2D eigenvalue weighted by Gasteiger charge is -2.21. The van der Waals surface area contributed by atoms with E-state index in [1.165, 1.54) is 18.2 Å². The van der Waals surface area contributed by atoms with Gasteiger partial charge in [0, 0.05) is 30.9 Å². The van der Waals surface area contributed by atoms with Crippen LogP contribution >= 0.6 is 0 Å². The van der Waals surface area contributed by atoms with Gasteiger partial charge < -0.3 is 10.2 Å². The zero-order valence-corrected chi connectivity index (χ0v) is 11.8. The highest BCUT2D eigenvalue weighted by molar-refractivity contribution is 6.17. The molecule has 0 aromatic rings. The van der Waals surface area contributed by atoms with Gasteiger partial charge in [0.1, 0.15) is 0 Å². The Hall–Kier alpha value is -3.14. The van der Waals surface area contributed by atoms with Crippen molar-refractivity contribution in [2.75, 3.05) is 0 Å². The fraction of sp³-hybridized carbons (Fsp3) is 0. The average Bonchev–Trinajstić information content (AvgIpc) is 2.57. The van der Waals surface area contributed by atoms with Crippen molar-refractivity contribution in [1.29, 1.82) is 0 Å². The molecule has 0 saturated heterocycles. The number of nitrogens with one attached hydrogen (secondary N) is 1. The molecular weight excluding hydrogens is 276 g/mol. The van der Waals surface area contributed by atoms with Gasteiger partial charge in [-0.2, -0.15) is 0 Å². The molecule has 2 aliphatic heterocycles. The molecule has 2 heterocycles. The maximum atomic E-state index is 11.8. The van der Waals surface area contributed by atoms with Gasteiger partial charge in [-0.05, 0) is 47.6 Å². The van der Waals surface area contributed by atoms with Crippen LogP contribution in [-0.2, 0) is 9.59 Å². The van der Waals surface area contributed by atoms with Crippen molar-refractivity contribution in [2.24, 2.45) is 0 Å². The molecule has 22 heavy (non-hydrogen) atoms. The minimum atomic E-state index is -0.174. The lowest BCUT2D eigenvalue weighted by atomic mass is 10.1. The lowest BCUT2D eigenvalue weighted by Crippen LogP contribution is -2.21. The van der Waals surface area contributed by atoms with E-state index >= 15 is 0 Å². The third-order valence-corrected chi connectivity index (χ3v) is 3.28. The maximum Gasteiger partial charge on any atom is 0.202 e. The quantitative estimate of drug-likeness (QED) is 0.793. The molecule has 1 aliphatic carbocycles. The summed E-state index contributed by atoms with van der Waals surface area (Å²) < 4.78 is 0. The number of carbonyl (C=O) groups excluding carboxylic acids is 2. The fourth-order valence-electron chi connectivity index (χ4n) is 2.11. The predicted molar refractivity (Wildman–Crippen MR) is 84.9 cm³/mol. The second kappa shape index (κ2) is 6.10. The molecule has 3 aliphatic rings. The summed E-state index contributed by atoms with van der Waals surface area (Å²) in [7, 11) is 0. The first-order valence-corrected chi connectivity index (χ1v) is 6.86. The van der Waals surface area contributed by atoms with Gasteiger partial charge in [0.25, 0.3) is 0 Å². The first kappa shape index (κ1) is 13.8. The van der Waals surface area contributed by atoms with Crippen molar-refractivity contribution in [3.8, 4) is 0 Å². The SMILES string of the molecule is O=C1C=CC(=O)C(N2C=CC(=CC=C3C=CNC=C3)C=C2)=C1. The molecule has 0 spiro atoms. The first-order chi connectivity index (χ1) is 10.7. The van der Waals surface area contributed by atoms with E-state index in [0.717, 1.165) is 11.1 Å². The summed E-state index contributed by atoms with van der Waals surface area (Å²) in [6.45, 7) is 0. The van der Waals surface area contributed by atoms with E-state index in [4.69, 9.17) is 0 Å². The normalized spacial score (nSPS) is 19.5. The summed E-state index contributed by atoms with van der Waals surface area (Å²) in [5, 5.41) is 2.97. The summed E-state index contributed by atoms with van der Waals surface area (Å²) in [6, 6.07) is 0. The number of hydrogen-bond acceptors (Lipinski definition) is 4. The molecule has 0 aromatic heterocycles. The molecule has 0 amide bonds. The Kier molecular flexibility index (Phi) is 3.83. The highest BCUT2D eigenvalue weighted by Gasteiger charge is 2.17. The van der Waals surface area contributed by atoms with Gasteiger partial charge in [-0.25, -0.2) is 0 Å². The number of hydrogen-bond donors (Lipinski definition) is 1. The molecule has 0 bridgehead atoms. The third kappa shape index (κ3) is 3.12. The molecule has 108 valence electrons. The maximum absolute atomic E-state index is 11.8. The van der Waals surface area contributed by atoms with E-state index in [1.807, 2.05) is 48.9 Å². The fourth-order valence-corrected chi connectivity index (χ4v) is 2.11. The van der Waals surface area contributed by atoms with Gasteiger partial charge in [0.15, 0.2) is 5.78 Å². The van der Waals surface area contributed by atoms with E-state index in [1.54, 1.807) is 17.3 Å². The van der Waals surface area contributed by atoms with Crippen LogP contribution in [0, 0.1) is 0 Å². The molecule has 1 N–H and O–H groups in total. The van der Waals surface area contributed by atoms with Crippen LogP contribution in [-0.4, -0.2) is 16.5 Å². The average molecular weight is 290 g/mol. The van der Waals surface area contributed by atoms with E-state index < -0.39 is 0 Å². The molecule has 0 radical (unpaired) electrons. The molecule has 0 aromatic carbocycles.